The molecule has 2 aliphatic heterocycles. The Hall–Kier alpha value is -2.46. The van der Waals surface area contributed by atoms with Crippen molar-refractivity contribution in [3.05, 3.63) is 52.0 Å². The Morgan fingerprint density at radius 3 is 2.43 bits per heavy atom. The fourth-order valence-electron chi connectivity index (χ4n) is 3.87. The van der Waals surface area contributed by atoms with Crippen molar-refractivity contribution in [1.29, 1.82) is 0 Å². The maximum absolute atomic E-state index is 12.5. The number of amides is 1. The highest BCUT2D eigenvalue weighted by Gasteiger charge is 2.46. The van der Waals surface area contributed by atoms with Crippen LogP contribution in [0.5, 0.6) is 0 Å². The number of thiophene rings is 1. The maximum atomic E-state index is 12.5. The van der Waals surface area contributed by atoms with Gasteiger partial charge >= 0.3 is 12.1 Å². The van der Waals surface area contributed by atoms with E-state index in [4.69, 9.17) is 9.90 Å². The van der Waals surface area contributed by atoms with Crippen LogP contribution in [-0.2, 0) is 22.7 Å². The number of halogens is 3. The number of rotatable bonds is 4. The van der Waals surface area contributed by atoms with Gasteiger partial charge in [0.15, 0.2) is 0 Å². The molecule has 6 nitrogen and oxygen atoms in total. The average Bonchev–Trinajstić information content (AvgIpc) is 3.34. The zero-order valence-corrected chi connectivity index (χ0v) is 17.1. The van der Waals surface area contributed by atoms with E-state index in [2.05, 4.69) is 33.8 Å². The molecule has 2 unspecified atom stereocenters. The Morgan fingerprint density at radius 1 is 1.20 bits per heavy atom. The van der Waals surface area contributed by atoms with Gasteiger partial charge in [0.1, 0.15) is 0 Å². The molecule has 2 fully saturated rings. The van der Waals surface area contributed by atoms with Crippen molar-refractivity contribution in [2.45, 2.75) is 51.1 Å². The molecular formula is C20H22F3N3O3S. The van der Waals surface area contributed by atoms with Gasteiger partial charge in [0, 0.05) is 60.3 Å². The molecule has 4 rings (SSSR count). The monoisotopic (exact) mass is 441 g/mol. The number of carbonyl (C=O) groups is 2. The van der Waals surface area contributed by atoms with Gasteiger partial charge in [-0.1, -0.05) is 0 Å². The molecule has 4 heterocycles. The minimum absolute atomic E-state index is 0.295. The molecule has 0 bridgehead atoms. The third-order valence-electron chi connectivity index (χ3n) is 5.23. The summed E-state index contributed by atoms with van der Waals surface area (Å²) in [4.78, 5) is 32.8. The van der Waals surface area contributed by atoms with Crippen LogP contribution in [0.3, 0.4) is 0 Å². The van der Waals surface area contributed by atoms with Crippen molar-refractivity contribution < 1.29 is 27.9 Å². The Kier molecular flexibility index (Phi) is 6.77. The number of hydrogen-bond donors (Lipinski definition) is 1. The first kappa shape index (κ1) is 22.2. The topological polar surface area (TPSA) is 73.7 Å². The number of aliphatic carboxylic acids is 1. The van der Waals surface area contributed by atoms with Crippen LogP contribution in [0.4, 0.5) is 13.2 Å². The van der Waals surface area contributed by atoms with Crippen molar-refractivity contribution in [3.8, 4) is 0 Å². The molecule has 10 heteroatoms. The van der Waals surface area contributed by atoms with Crippen LogP contribution in [0.25, 0.3) is 0 Å². The Bertz CT molecular complexity index is 888. The lowest BCUT2D eigenvalue weighted by Gasteiger charge is -2.25. The summed E-state index contributed by atoms with van der Waals surface area (Å²) in [5.41, 5.74) is 1.17. The number of fused-ring (bicyclic) bond motifs is 1. The molecule has 0 saturated carbocycles. The smallest absolute Gasteiger partial charge is 0.475 e. The first-order valence-electron chi connectivity index (χ1n) is 9.43. The van der Waals surface area contributed by atoms with Gasteiger partial charge in [-0.25, -0.2) is 4.79 Å². The fourth-order valence-corrected chi connectivity index (χ4v) is 4.78. The molecule has 0 aromatic carbocycles. The summed E-state index contributed by atoms with van der Waals surface area (Å²) in [5.74, 6) is -2.46. The van der Waals surface area contributed by atoms with E-state index in [-0.39, 0.29) is 0 Å². The summed E-state index contributed by atoms with van der Waals surface area (Å²) >= 11 is 1.87. The van der Waals surface area contributed by atoms with E-state index in [9.17, 15) is 18.0 Å². The van der Waals surface area contributed by atoms with E-state index in [0.29, 0.717) is 31.0 Å². The largest absolute Gasteiger partial charge is 0.490 e. The number of nitrogens with zero attached hydrogens (tertiary/aromatic N) is 3. The molecule has 2 saturated heterocycles. The SMILES string of the molecule is Cc1ccc(CN2CCC3C2CC(=O)N3Cc2ccncc2)s1.O=C(O)C(F)(F)F. The lowest BCUT2D eigenvalue weighted by molar-refractivity contribution is -0.192. The van der Waals surface area contributed by atoms with Gasteiger partial charge in [0.2, 0.25) is 5.91 Å². The molecule has 2 aromatic rings. The first-order valence-corrected chi connectivity index (χ1v) is 10.2. The van der Waals surface area contributed by atoms with Gasteiger partial charge in [-0.2, -0.15) is 13.2 Å². The summed E-state index contributed by atoms with van der Waals surface area (Å²) in [6, 6.07) is 9.16. The van der Waals surface area contributed by atoms with Crippen molar-refractivity contribution in [2.75, 3.05) is 6.54 Å². The van der Waals surface area contributed by atoms with Gasteiger partial charge in [0.25, 0.3) is 0 Å². The predicted octanol–water partition coefficient (Wildman–Crippen LogP) is 3.46. The highest BCUT2D eigenvalue weighted by molar-refractivity contribution is 7.11. The normalized spacial score (nSPS) is 21.3. The maximum Gasteiger partial charge on any atom is 0.490 e. The molecule has 2 aliphatic rings. The highest BCUT2D eigenvalue weighted by atomic mass is 32.1. The number of aryl methyl sites for hydroxylation is 1. The number of carboxylic acids is 1. The van der Waals surface area contributed by atoms with Crippen molar-refractivity contribution >= 4 is 23.2 Å². The van der Waals surface area contributed by atoms with Crippen LogP contribution in [0.1, 0.15) is 28.2 Å². The lowest BCUT2D eigenvalue weighted by Crippen LogP contribution is -2.36. The second kappa shape index (κ2) is 9.13. The highest BCUT2D eigenvalue weighted by Crippen LogP contribution is 2.35. The lowest BCUT2D eigenvalue weighted by atomic mass is 10.1. The van der Waals surface area contributed by atoms with Crippen molar-refractivity contribution in [1.82, 2.24) is 14.8 Å². The molecule has 0 aliphatic carbocycles. The van der Waals surface area contributed by atoms with Gasteiger partial charge in [-0.3, -0.25) is 14.7 Å². The van der Waals surface area contributed by atoms with Gasteiger partial charge in [-0.05, 0) is 43.2 Å². The zero-order chi connectivity index (χ0) is 21.9. The van der Waals surface area contributed by atoms with E-state index >= 15 is 0 Å². The van der Waals surface area contributed by atoms with Crippen LogP contribution in [-0.4, -0.2) is 56.6 Å². The molecule has 0 radical (unpaired) electrons. The molecule has 2 atom stereocenters. The van der Waals surface area contributed by atoms with E-state index in [1.807, 2.05) is 23.5 Å². The van der Waals surface area contributed by atoms with Crippen LogP contribution in [0, 0.1) is 6.92 Å². The summed E-state index contributed by atoms with van der Waals surface area (Å²) in [6.45, 7) is 4.94. The summed E-state index contributed by atoms with van der Waals surface area (Å²) in [7, 11) is 0. The predicted molar refractivity (Wildman–Crippen MR) is 105 cm³/mol. The summed E-state index contributed by atoms with van der Waals surface area (Å²) in [5, 5.41) is 7.12. The molecular weight excluding hydrogens is 419 g/mol. The number of aromatic nitrogens is 1. The standard InChI is InChI=1S/C18H21N3OS.C2HF3O2/c1-13-2-3-15(23-13)12-20-9-6-16-17(20)10-18(22)21(16)11-14-4-7-19-8-5-14;3-2(4,5)1(6)7/h2-5,7-8,16-17H,6,9-12H2,1H3;(H,6,7). The Labute approximate surface area is 175 Å². The Balaban J connectivity index is 0.000000318. The first-order chi connectivity index (χ1) is 14.1. The second-order valence-electron chi connectivity index (χ2n) is 7.29. The number of carbonyl (C=O) groups excluding carboxylic acids is 1. The zero-order valence-electron chi connectivity index (χ0n) is 16.3. The molecule has 30 heavy (non-hydrogen) atoms. The van der Waals surface area contributed by atoms with Crippen LogP contribution < -0.4 is 0 Å². The van der Waals surface area contributed by atoms with Crippen LogP contribution in [0.2, 0.25) is 0 Å². The number of pyridine rings is 1. The van der Waals surface area contributed by atoms with Crippen LogP contribution >= 0.6 is 11.3 Å². The molecule has 0 spiro atoms. The summed E-state index contributed by atoms with van der Waals surface area (Å²) < 4.78 is 31.7. The fraction of sp³-hybridized carbons (Fsp3) is 0.450. The molecule has 1 N–H and O–H groups in total. The number of likely N-dealkylation sites (tertiary alicyclic amines) is 2. The van der Waals surface area contributed by atoms with E-state index in [1.165, 1.54) is 15.3 Å². The number of alkyl halides is 3. The van der Waals surface area contributed by atoms with Gasteiger partial charge in [0.05, 0.1) is 0 Å². The third kappa shape index (κ3) is 5.37. The van der Waals surface area contributed by atoms with E-state index < -0.39 is 12.1 Å². The molecule has 162 valence electrons. The second-order valence-corrected chi connectivity index (χ2v) is 8.66. The minimum Gasteiger partial charge on any atom is -0.475 e. The average molecular weight is 441 g/mol. The number of hydrogen-bond acceptors (Lipinski definition) is 5. The van der Waals surface area contributed by atoms with E-state index in [0.717, 1.165) is 19.5 Å². The van der Waals surface area contributed by atoms with Gasteiger partial charge in [-0.15, -0.1) is 11.3 Å². The minimum atomic E-state index is -5.08. The molecule has 1 amide bonds. The molecule has 2 aromatic heterocycles. The van der Waals surface area contributed by atoms with Gasteiger partial charge < -0.3 is 10.0 Å². The van der Waals surface area contributed by atoms with Crippen LogP contribution in [0.15, 0.2) is 36.7 Å². The third-order valence-corrected chi connectivity index (χ3v) is 6.21. The van der Waals surface area contributed by atoms with Crippen molar-refractivity contribution in [3.63, 3.8) is 0 Å². The van der Waals surface area contributed by atoms with E-state index in [1.54, 1.807) is 12.4 Å². The quantitative estimate of drug-likeness (QED) is 0.787. The van der Waals surface area contributed by atoms with Crippen molar-refractivity contribution in [2.24, 2.45) is 0 Å². The number of carboxylic acid groups (broad SMARTS) is 1. The summed E-state index contributed by atoms with van der Waals surface area (Å²) in [6.07, 6.45) is 0.271. The Morgan fingerprint density at radius 2 is 1.87 bits per heavy atom.